The van der Waals surface area contributed by atoms with Gasteiger partial charge in [-0.05, 0) is 6.92 Å². The molecule has 0 aliphatic heterocycles. The largest absolute Gasteiger partial charge is 0.347 e. The van der Waals surface area contributed by atoms with Crippen LogP contribution in [0.4, 0.5) is 0 Å². The van der Waals surface area contributed by atoms with E-state index in [0.717, 1.165) is 0 Å². The summed E-state index contributed by atoms with van der Waals surface area (Å²) in [5.74, 6) is -0.228. The van der Waals surface area contributed by atoms with E-state index in [1.807, 2.05) is 6.92 Å². The van der Waals surface area contributed by atoms with Gasteiger partial charge in [-0.15, -0.1) is 6.58 Å². The number of nitrogens with zero attached hydrogens (tertiary/aromatic N) is 2. The van der Waals surface area contributed by atoms with Crippen LogP contribution in [0.3, 0.4) is 0 Å². The van der Waals surface area contributed by atoms with E-state index in [0.29, 0.717) is 23.8 Å². The first-order valence-corrected chi connectivity index (χ1v) is 4.68. The first-order chi connectivity index (χ1) is 6.70. The zero-order valence-corrected chi connectivity index (χ0v) is 8.71. The highest BCUT2D eigenvalue weighted by Gasteiger charge is 2.15. The van der Waals surface area contributed by atoms with Gasteiger partial charge in [-0.1, -0.05) is 17.7 Å². The first-order valence-electron chi connectivity index (χ1n) is 4.31. The summed E-state index contributed by atoms with van der Waals surface area (Å²) in [6.45, 7) is 6.44. The molecule has 0 fully saturated rings. The summed E-state index contributed by atoms with van der Waals surface area (Å²) >= 11 is 5.83. The molecule has 1 heterocycles. The van der Waals surface area contributed by atoms with Crippen LogP contribution >= 0.6 is 11.6 Å². The minimum absolute atomic E-state index is 0.228. The zero-order chi connectivity index (χ0) is 10.6. The van der Waals surface area contributed by atoms with Crippen molar-refractivity contribution in [2.75, 3.05) is 6.54 Å². The smallest absolute Gasteiger partial charge is 0.271 e. The lowest BCUT2D eigenvalue weighted by Gasteiger charge is -2.04. The Morgan fingerprint density at radius 2 is 2.57 bits per heavy atom. The maximum atomic E-state index is 11.6. The van der Waals surface area contributed by atoms with Crippen LogP contribution in [-0.2, 0) is 6.54 Å². The summed E-state index contributed by atoms with van der Waals surface area (Å²) in [6, 6.07) is 0. The molecule has 76 valence electrons. The molecule has 4 nitrogen and oxygen atoms in total. The van der Waals surface area contributed by atoms with Crippen molar-refractivity contribution >= 4 is 17.5 Å². The highest BCUT2D eigenvalue weighted by molar-refractivity contribution is 6.33. The van der Waals surface area contributed by atoms with Gasteiger partial charge in [-0.2, -0.15) is 5.10 Å². The van der Waals surface area contributed by atoms with Crippen LogP contribution in [0.5, 0.6) is 0 Å². The van der Waals surface area contributed by atoms with E-state index < -0.39 is 0 Å². The molecule has 0 aliphatic carbocycles. The molecule has 0 spiro atoms. The molecule has 0 saturated carbocycles. The second kappa shape index (κ2) is 4.81. The van der Waals surface area contributed by atoms with Crippen molar-refractivity contribution < 1.29 is 4.79 Å². The van der Waals surface area contributed by atoms with Gasteiger partial charge in [0, 0.05) is 13.1 Å². The van der Waals surface area contributed by atoms with E-state index in [1.165, 1.54) is 6.20 Å². The molecule has 1 N–H and O–H groups in total. The summed E-state index contributed by atoms with van der Waals surface area (Å²) < 4.78 is 1.56. The molecule has 0 bridgehead atoms. The Bertz CT molecular complexity index is 346. The Kier molecular flexibility index (Phi) is 3.71. The fraction of sp³-hybridized carbons (Fsp3) is 0.333. The number of nitrogens with one attached hydrogen (secondary N) is 1. The Morgan fingerprint density at radius 1 is 1.86 bits per heavy atom. The third-order valence-electron chi connectivity index (χ3n) is 1.72. The lowest BCUT2D eigenvalue weighted by Crippen LogP contribution is -2.26. The maximum Gasteiger partial charge on any atom is 0.271 e. The van der Waals surface area contributed by atoms with Crippen molar-refractivity contribution in [3.63, 3.8) is 0 Å². The minimum Gasteiger partial charge on any atom is -0.347 e. The molecule has 0 radical (unpaired) electrons. The van der Waals surface area contributed by atoms with Crippen molar-refractivity contribution in [2.24, 2.45) is 0 Å². The number of aromatic nitrogens is 2. The Balaban J connectivity index is 2.86. The van der Waals surface area contributed by atoms with Gasteiger partial charge in [0.25, 0.3) is 5.91 Å². The van der Waals surface area contributed by atoms with Crippen LogP contribution in [-0.4, -0.2) is 22.2 Å². The fourth-order valence-electron chi connectivity index (χ4n) is 1.08. The van der Waals surface area contributed by atoms with Gasteiger partial charge < -0.3 is 5.32 Å². The summed E-state index contributed by atoms with van der Waals surface area (Å²) in [5, 5.41) is 6.98. The standard InChI is InChI=1S/C9H12ClN3O/c1-3-5-11-9(14)8-7(10)6-12-13(8)4-2/h3,6H,1,4-5H2,2H3,(H,11,14). The van der Waals surface area contributed by atoms with Crippen molar-refractivity contribution in [1.82, 2.24) is 15.1 Å². The fourth-order valence-corrected chi connectivity index (χ4v) is 1.30. The molecular formula is C9H12ClN3O. The molecule has 1 aromatic rings. The molecule has 0 atom stereocenters. The number of carbonyl (C=O) groups is 1. The van der Waals surface area contributed by atoms with Gasteiger partial charge in [0.1, 0.15) is 5.69 Å². The Hall–Kier alpha value is -1.29. The molecule has 5 heteroatoms. The van der Waals surface area contributed by atoms with Gasteiger partial charge in [0.05, 0.1) is 11.2 Å². The number of carbonyl (C=O) groups excluding carboxylic acids is 1. The predicted molar refractivity (Wildman–Crippen MR) is 55.4 cm³/mol. The van der Waals surface area contributed by atoms with Crippen molar-refractivity contribution in [3.05, 3.63) is 29.6 Å². The van der Waals surface area contributed by atoms with Crippen LogP contribution in [0.2, 0.25) is 5.02 Å². The van der Waals surface area contributed by atoms with E-state index in [9.17, 15) is 4.79 Å². The molecule has 0 unspecified atom stereocenters. The number of halogens is 1. The highest BCUT2D eigenvalue weighted by atomic mass is 35.5. The molecular weight excluding hydrogens is 202 g/mol. The van der Waals surface area contributed by atoms with E-state index in [1.54, 1.807) is 10.8 Å². The third-order valence-corrected chi connectivity index (χ3v) is 1.99. The molecule has 0 aromatic carbocycles. The average molecular weight is 214 g/mol. The topological polar surface area (TPSA) is 46.9 Å². The average Bonchev–Trinajstić information content (AvgIpc) is 2.56. The van der Waals surface area contributed by atoms with Crippen molar-refractivity contribution in [3.8, 4) is 0 Å². The van der Waals surface area contributed by atoms with Crippen molar-refractivity contribution in [1.29, 1.82) is 0 Å². The predicted octanol–water partition coefficient (Wildman–Crippen LogP) is 1.47. The summed E-state index contributed by atoms with van der Waals surface area (Å²) in [6.07, 6.45) is 3.08. The SMILES string of the molecule is C=CCNC(=O)c1c(Cl)cnn1CC. The molecule has 0 aliphatic rings. The number of hydrogen-bond acceptors (Lipinski definition) is 2. The van der Waals surface area contributed by atoms with Crippen LogP contribution in [0, 0.1) is 0 Å². The number of hydrogen-bond donors (Lipinski definition) is 1. The molecule has 1 aromatic heterocycles. The van der Waals surface area contributed by atoms with Crippen LogP contribution < -0.4 is 5.32 Å². The molecule has 0 saturated heterocycles. The zero-order valence-electron chi connectivity index (χ0n) is 7.96. The molecule has 14 heavy (non-hydrogen) atoms. The minimum atomic E-state index is -0.228. The van der Waals surface area contributed by atoms with Gasteiger partial charge in [-0.3, -0.25) is 9.48 Å². The van der Waals surface area contributed by atoms with Gasteiger partial charge in [0.2, 0.25) is 0 Å². The number of rotatable bonds is 4. The quantitative estimate of drug-likeness (QED) is 0.770. The van der Waals surface area contributed by atoms with Crippen LogP contribution in [0.15, 0.2) is 18.9 Å². The Morgan fingerprint density at radius 3 is 3.14 bits per heavy atom. The van der Waals surface area contributed by atoms with Gasteiger partial charge >= 0.3 is 0 Å². The summed E-state index contributed by atoms with van der Waals surface area (Å²) in [7, 11) is 0. The second-order valence-electron chi connectivity index (χ2n) is 2.66. The molecule has 1 amide bonds. The van der Waals surface area contributed by atoms with Gasteiger partial charge in [0.15, 0.2) is 0 Å². The first kappa shape index (κ1) is 10.8. The number of amides is 1. The van der Waals surface area contributed by atoms with Crippen molar-refractivity contribution in [2.45, 2.75) is 13.5 Å². The number of aryl methyl sites for hydroxylation is 1. The summed E-state index contributed by atoms with van der Waals surface area (Å²) in [4.78, 5) is 11.6. The summed E-state index contributed by atoms with van der Waals surface area (Å²) in [5.41, 5.74) is 0.399. The second-order valence-corrected chi connectivity index (χ2v) is 3.06. The highest BCUT2D eigenvalue weighted by Crippen LogP contribution is 2.14. The molecule has 1 rings (SSSR count). The lowest BCUT2D eigenvalue weighted by atomic mass is 10.4. The van der Waals surface area contributed by atoms with E-state index >= 15 is 0 Å². The monoisotopic (exact) mass is 213 g/mol. The van der Waals surface area contributed by atoms with Crippen LogP contribution in [0.25, 0.3) is 0 Å². The lowest BCUT2D eigenvalue weighted by molar-refractivity contribution is 0.0947. The normalized spacial score (nSPS) is 9.86. The van der Waals surface area contributed by atoms with Crippen LogP contribution in [0.1, 0.15) is 17.4 Å². The third kappa shape index (κ3) is 2.14. The van der Waals surface area contributed by atoms with Gasteiger partial charge in [-0.25, -0.2) is 0 Å². The van der Waals surface area contributed by atoms with E-state index in [-0.39, 0.29) is 5.91 Å². The Labute approximate surface area is 87.6 Å². The van der Waals surface area contributed by atoms with E-state index in [4.69, 9.17) is 11.6 Å². The maximum absolute atomic E-state index is 11.6. The van der Waals surface area contributed by atoms with E-state index in [2.05, 4.69) is 17.0 Å².